The highest BCUT2D eigenvalue weighted by atomic mass is 32.2. The molecule has 0 aliphatic heterocycles. The van der Waals surface area contributed by atoms with E-state index in [1.54, 1.807) is 24.3 Å². The second-order valence-corrected chi connectivity index (χ2v) is 7.17. The standard InChI is InChI=1S/C18H15NO4S/c1-12-3-6-15(7-4-12)24(21,22)19-10-14-11-23-17-8-5-13(2)9-16(17)18(14)20/h3-11H,1-2H3/b19-10+. The molecule has 0 saturated heterocycles. The zero-order valence-electron chi connectivity index (χ0n) is 13.2. The number of hydrogen-bond acceptors (Lipinski definition) is 4. The Bertz CT molecular complexity index is 1090. The van der Waals surface area contributed by atoms with Crippen LogP contribution in [0, 0.1) is 13.8 Å². The predicted molar refractivity (Wildman–Crippen MR) is 93.2 cm³/mol. The minimum Gasteiger partial charge on any atom is -0.463 e. The number of aryl methyl sites for hydroxylation is 2. The molecule has 0 aliphatic carbocycles. The van der Waals surface area contributed by atoms with Crippen molar-refractivity contribution in [1.29, 1.82) is 0 Å². The molecule has 122 valence electrons. The van der Waals surface area contributed by atoms with Crippen LogP contribution in [0.25, 0.3) is 11.0 Å². The molecular weight excluding hydrogens is 326 g/mol. The van der Waals surface area contributed by atoms with Gasteiger partial charge in [0.05, 0.1) is 22.1 Å². The van der Waals surface area contributed by atoms with Gasteiger partial charge in [-0.1, -0.05) is 29.3 Å². The van der Waals surface area contributed by atoms with E-state index >= 15 is 0 Å². The first kappa shape index (κ1) is 16.1. The average molecular weight is 341 g/mol. The van der Waals surface area contributed by atoms with Crippen molar-refractivity contribution in [2.24, 2.45) is 4.40 Å². The van der Waals surface area contributed by atoms with Crippen LogP contribution in [0.3, 0.4) is 0 Å². The Balaban J connectivity index is 2.03. The summed E-state index contributed by atoms with van der Waals surface area (Å²) in [6, 6.07) is 11.6. The molecule has 0 spiro atoms. The molecule has 24 heavy (non-hydrogen) atoms. The third kappa shape index (κ3) is 3.14. The first-order chi connectivity index (χ1) is 11.4. The van der Waals surface area contributed by atoms with E-state index in [9.17, 15) is 13.2 Å². The molecular formula is C18H15NO4S. The monoisotopic (exact) mass is 341 g/mol. The van der Waals surface area contributed by atoms with Crippen LogP contribution in [0.4, 0.5) is 0 Å². The summed E-state index contributed by atoms with van der Waals surface area (Å²) in [4.78, 5) is 12.5. The van der Waals surface area contributed by atoms with Gasteiger partial charge in [0.2, 0.25) is 5.43 Å². The second kappa shape index (κ2) is 6.05. The lowest BCUT2D eigenvalue weighted by molar-refractivity contribution is 0.598. The predicted octanol–water partition coefficient (Wildman–Crippen LogP) is 3.22. The lowest BCUT2D eigenvalue weighted by atomic mass is 10.1. The van der Waals surface area contributed by atoms with E-state index in [2.05, 4.69) is 4.40 Å². The summed E-state index contributed by atoms with van der Waals surface area (Å²) in [5, 5.41) is 0.395. The number of hydrogen-bond donors (Lipinski definition) is 0. The van der Waals surface area contributed by atoms with Gasteiger partial charge in [-0.3, -0.25) is 4.79 Å². The van der Waals surface area contributed by atoms with Gasteiger partial charge >= 0.3 is 0 Å². The molecule has 0 fully saturated rings. The van der Waals surface area contributed by atoms with Gasteiger partial charge in [-0.25, -0.2) is 0 Å². The van der Waals surface area contributed by atoms with E-state index in [0.29, 0.717) is 11.0 Å². The van der Waals surface area contributed by atoms with Gasteiger partial charge < -0.3 is 4.42 Å². The summed E-state index contributed by atoms with van der Waals surface area (Å²) in [7, 11) is -3.86. The number of rotatable bonds is 3. The van der Waals surface area contributed by atoms with Crippen LogP contribution in [0.15, 0.2) is 67.2 Å². The second-order valence-electron chi connectivity index (χ2n) is 5.54. The zero-order valence-corrected chi connectivity index (χ0v) is 14.0. The number of benzene rings is 2. The Morgan fingerprint density at radius 1 is 1.00 bits per heavy atom. The van der Waals surface area contributed by atoms with E-state index in [1.807, 2.05) is 19.9 Å². The fourth-order valence-electron chi connectivity index (χ4n) is 2.25. The SMILES string of the molecule is Cc1ccc(S(=O)(=O)/N=C/c2coc3ccc(C)cc3c2=O)cc1. The molecule has 2 aromatic carbocycles. The minimum atomic E-state index is -3.86. The number of nitrogens with zero attached hydrogens (tertiary/aromatic N) is 1. The molecule has 0 unspecified atom stereocenters. The minimum absolute atomic E-state index is 0.0744. The average Bonchev–Trinajstić information content (AvgIpc) is 2.55. The maximum Gasteiger partial charge on any atom is 0.282 e. The van der Waals surface area contributed by atoms with Gasteiger partial charge in [0.1, 0.15) is 11.8 Å². The van der Waals surface area contributed by atoms with Crippen LogP contribution >= 0.6 is 0 Å². The lowest BCUT2D eigenvalue weighted by Gasteiger charge is -2.01. The van der Waals surface area contributed by atoms with Crippen molar-refractivity contribution < 1.29 is 12.8 Å². The molecule has 0 radical (unpaired) electrons. The van der Waals surface area contributed by atoms with Crippen LogP contribution in [0.5, 0.6) is 0 Å². The fourth-order valence-corrected chi connectivity index (χ4v) is 3.10. The molecule has 5 nitrogen and oxygen atoms in total. The third-order valence-corrected chi connectivity index (χ3v) is 4.85. The molecule has 0 saturated carbocycles. The Morgan fingerprint density at radius 3 is 2.38 bits per heavy atom. The molecule has 3 aromatic rings. The van der Waals surface area contributed by atoms with E-state index in [0.717, 1.165) is 17.3 Å². The third-order valence-electron chi connectivity index (χ3n) is 3.60. The summed E-state index contributed by atoms with van der Waals surface area (Å²) < 4.78 is 33.4. The van der Waals surface area contributed by atoms with Crippen molar-refractivity contribution in [3.63, 3.8) is 0 Å². The van der Waals surface area contributed by atoms with Crippen molar-refractivity contribution in [2.45, 2.75) is 18.7 Å². The Morgan fingerprint density at radius 2 is 1.67 bits per heavy atom. The molecule has 3 rings (SSSR count). The Kier molecular flexibility index (Phi) is 4.07. The van der Waals surface area contributed by atoms with Crippen LogP contribution < -0.4 is 5.43 Å². The van der Waals surface area contributed by atoms with Gasteiger partial charge in [-0.2, -0.15) is 12.8 Å². The van der Waals surface area contributed by atoms with Crippen molar-refractivity contribution in [1.82, 2.24) is 0 Å². The van der Waals surface area contributed by atoms with E-state index in [4.69, 9.17) is 4.42 Å². The Labute approximate surface area is 139 Å². The molecule has 1 heterocycles. The van der Waals surface area contributed by atoms with Gasteiger partial charge in [0.15, 0.2) is 0 Å². The van der Waals surface area contributed by atoms with Crippen molar-refractivity contribution in [3.05, 3.63) is 75.6 Å². The van der Waals surface area contributed by atoms with Crippen LogP contribution in [-0.2, 0) is 10.0 Å². The van der Waals surface area contributed by atoms with E-state index in [1.165, 1.54) is 18.4 Å². The summed E-state index contributed by atoms with van der Waals surface area (Å²) >= 11 is 0. The lowest BCUT2D eigenvalue weighted by Crippen LogP contribution is -2.09. The highest BCUT2D eigenvalue weighted by Crippen LogP contribution is 2.15. The van der Waals surface area contributed by atoms with E-state index in [-0.39, 0.29) is 15.9 Å². The molecule has 0 N–H and O–H groups in total. The quantitative estimate of drug-likeness (QED) is 0.685. The summed E-state index contributed by atoms with van der Waals surface area (Å²) in [6.07, 6.45) is 2.25. The van der Waals surface area contributed by atoms with Crippen LogP contribution in [-0.4, -0.2) is 14.6 Å². The molecule has 6 heteroatoms. The maximum absolute atomic E-state index is 12.4. The molecule has 1 aromatic heterocycles. The smallest absolute Gasteiger partial charge is 0.282 e. The Hall–Kier alpha value is -2.73. The first-order valence-electron chi connectivity index (χ1n) is 7.26. The van der Waals surface area contributed by atoms with Crippen molar-refractivity contribution >= 4 is 27.2 Å². The van der Waals surface area contributed by atoms with Crippen LogP contribution in [0.2, 0.25) is 0 Å². The van der Waals surface area contributed by atoms with Gasteiger partial charge in [0.25, 0.3) is 10.0 Å². The van der Waals surface area contributed by atoms with Crippen LogP contribution in [0.1, 0.15) is 16.7 Å². The normalized spacial score (nSPS) is 12.1. The van der Waals surface area contributed by atoms with Crippen molar-refractivity contribution in [2.75, 3.05) is 0 Å². The summed E-state index contributed by atoms with van der Waals surface area (Å²) in [5.41, 5.74) is 2.08. The van der Waals surface area contributed by atoms with Gasteiger partial charge in [-0.15, -0.1) is 0 Å². The summed E-state index contributed by atoms with van der Waals surface area (Å²) in [6.45, 7) is 3.73. The first-order valence-corrected chi connectivity index (χ1v) is 8.70. The maximum atomic E-state index is 12.4. The van der Waals surface area contributed by atoms with Gasteiger partial charge in [-0.05, 0) is 38.1 Å². The largest absolute Gasteiger partial charge is 0.463 e. The zero-order chi connectivity index (χ0) is 17.3. The highest BCUT2D eigenvalue weighted by molar-refractivity contribution is 7.90. The number of sulfonamides is 1. The molecule has 0 amide bonds. The topological polar surface area (TPSA) is 76.7 Å². The number of fused-ring (bicyclic) bond motifs is 1. The molecule has 0 atom stereocenters. The molecule has 0 bridgehead atoms. The summed E-state index contributed by atoms with van der Waals surface area (Å²) in [5.74, 6) is 0. The van der Waals surface area contributed by atoms with E-state index < -0.39 is 10.0 Å². The van der Waals surface area contributed by atoms with Gasteiger partial charge in [0, 0.05) is 0 Å². The highest BCUT2D eigenvalue weighted by Gasteiger charge is 2.12. The van der Waals surface area contributed by atoms with Crippen molar-refractivity contribution in [3.8, 4) is 0 Å². The fraction of sp³-hybridized carbons (Fsp3) is 0.111. The molecule has 0 aliphatic rings.